The van der Waals surface area contributed by atoms with Crippen molar-refractivity contribution in [3.8, 4) is 0 Å². The number of aromatic nitrogens is 1. The standard InChI is InChI=1S/C15H11BrN2O3/c16-10-3-4-12-11(6-10)15(21,14(20)18-12)7-13(19)9-2-1-5-17-8-9/h1-6,8,21H,7H2,(H,18,20)/t15-/m1/s1. The number of pyridine rings is 1. The topological polar surface area (TPSA) is 79.3 Å². The van der Waals surface area contributed by atoms with Crippen LogP contribution in [0.3, 0.4) is 0 Å². The van der Waals surface area contributed by atoms with E-state index >= 15 is 0 Å². The summed E-state index contributed by atoms with van der Waals surface area (Å²) in [6.07, 6.45) is 2.65. The molecule has 0 saturated carbocycles. The van der Waals surface area contributed by atoms with Gasteiger partial charge >= 0.3 is 0 Å². The summed E-state index contributed by atoms with van der Waals surface area (Å²) in [5.41, 5.74) is -0.572. The second-order valence-electron chi connectivity index (χ2n) is 4.85. The van der Waals surface area contributed by atoms with Crippen LogP contribution < -0.4 is 5.32 Å². The maximum Gasteiger partial charge on any atom is 0.261 e. The number of fused-ring (bicyclic) bond motifs is 1. The molecule has 1 aromatic carbocycles. The third-order valence-electron chi connectivity index (χ3n) is 3.45. The number of rotatable bonds is 3. The lowest BCUT2D eigenvalue weighted by atomic mass is 9.88. The summed E-state index contributed by atoms with van der Waals surface area (Å²) in [6.45, 7) is 0. The summed E-state index contributed by atoms with van der Waals surface area (Å²) in [5.74, 6) is -0.929. The molecule has 2 N–H and O–H groups in total. The van der Waals surface area contributed by atoms with Crippen molar-refractivity contribution >= 4 is 33.3 Å². The Hall–Kier alpha value is -2.05. The van der Waals surface area contributed by atoms with E-state index in [1.165, 1.54) is 6.20 Å². The number of anilines is 1. The van der Waals surface area contributed by atoms with Gasteiger partial charge in [-0.2, -0.15) is 0 Å². The van der Waals surface area contributed by atoms with Crippen LogP contribution in [0.25, 0.3) is 0 Å². The number of amides is 1. The first kappa shape index (κ1) is 13.9. The van der Waals surface area contributed by atoms with Crippen LogP contribution in [0.15, 0.2) is 47.2 Å². The molecule has 1 aliphatic heterocycles. The maximum absolute atomic E-state index is 12.3. The van der Waals surface area contributed by atoms with Crippen molar-refractivity contribution in [3.05, 3.63) is 58.3 Å². The Morgan fingerprint density at radius 1 is 1.38 bits per heavy atom. The van der Waals surface area contributed by atoms with Gasteiger partial charge in [-0.05, 0) is 30.3 Å². The number of ketones is 1. The predicted octanol–water partition coefficient (Wildman–Crippen LogP) is 2.26. The number of carbonyl (C=O) groups is 2. The second-order valence-corrected chi connectivity index (χ2v) is 5.76. The summed E-state index contributed by atoms with van der Waals surface area (Å²) >= 11 is 3.30. The summed E-state index contributed by atoms with van der Waals surface area (Å²) < 4.78 is 0.727. The minimum Gasteiger partial charge on any atom is -0.375 e. The molecule has 2 heterocycles. The highest BCUT2D eigenvalue weighted by atomic mass is 79.9. The monoisotopic (exact) mass is 346 g/mol. The van der Waals surface area contributed by atoms with E-state index < -0.39 is 11.5 Å². The van der Waals surface area contributed by atoms with Crippen LogP contribution in [0, 0.1) is 0 Å². The van der Waals surface area contributed by atoms with Crippen molar-refractivity contribution in [3.63, 3.8) is 0 Å². The number of aliphatic hydroxyl groups is 1. The van der Waals surface area contributed by atoms with Gasteiger partial charge in [0.15, 0.2) is 11.4 Å². The van der Waals surface area contributed by atoms with Gasteiger partial charge in [0.25, 0.3) is 5.91 Å². The quantitative estimate of drug-likeness (QED) is 0.835. The Morgan fingerprint density at radius 3 is 2.90 bits per heavy atom. The molecule has 5 nitrogen and oxygen atoms in total. The number of hydrogen-bond donors (Lipinski definition) is 2. The molecule has 6 heteroatoms. The van der Waals surface area contributed by atoms with E-state index in [1.807, 2.05) is 0 Å². The van der Waals surface area contributed by atoms with Crippen molar-refractivity contribution in [1.29, 1.82) is 0 Å². The Bertz CT molecular complexity index is 733. The highest BCUT2D eigenvalue weighted by Crippen LogP contribution is 2.40. The Labute approximate surface area is 129 Å². The van der Waals surface area contributed by atoms with Crippen LogP contribution in [0.4, 0.5) is 5.69 Å². The van der Waals surface area contributed by atoms with Crippen molar-refractivity contribution in [2.75, 3.05) is 5.32 Å². The number of halogens is 1. The normalized spacial score (nSPS) is 20.0. The zero-order valence-corrected chi connectivity index (χ0v) is 12.4. The summed E-state index contributed by atoms with van der Waals surface area (Å²) in [4.78, 5) is 28.2. The number of benzene rings is 1. The molecule has 0 bridgehead atoms. The number of nitrogens with one attached hydrogen (secondary N) is 1. The van der Waals surface area contributed by atoms with Crippen molar-refractivity contribution in [2.45, 2.75) is 12.0 Å². The number of nitrogens with zero attached hydrogens (tertiary/aromatic N) is 1. The van der Waals surface area contributed by atoms with Gasteiger partial charge in [-0.25, -0.2) is 0 Å². The minimum absolute atomic E-state index is 0.325. The lowest BCUT2D eigenvalue weighted by Gasteiger charge is -2.20. The van der Waals surface area contributed by atoms with Gasteiger partial charge < -0.3 is 10.4 Å². The molecule has 1 atom stereocenters. The number of Topliss-reactive ketones (excluding diaryl/α,β-unsaturated/α-hetero) is 1. The number of carbonyl (C=O) groups excluding carboxylic acids is 2. The molecular weight excluding hydrogens is 336 g/mol. The largest absolute Gasteiger partial charge is 0.375 e. The van der Waals surface area contributed by atoms with Gasteiger partial charge in [0.2, 0.25) is 0 Å². The van der Waals surface area contributed by atoms with Crippen LogP contribution >= 0.6 is 15.9 Å². The lowest BCUT2D eigenvalue weighted by Crippen LogP contribution is -2.36. The fourth-order valence-corrected chi connectivity index (χ4v) is 2.71. The molecule has 1 aromatic heterocycles. The van der Waals surface area contributed by atoms with E-state index in [4.69, 9.17) is 0 Å². The molecule has 0 saturated heterocycles. The summed E-state index contributed by atoms with van der Waals surface area (Å²) in [7, 11) is 0. The fourth-order valence-electron chi connectivity index (χ4n) is 2.35. The van der Waals surface area contributed by atoms with Gasteiger partial charge in [0.05, 0.1) is 6.42 Å². The molecule has 0 unspecified atom stereocenters. The molecule has 21 heavy (non-hydrogen) atoms. The number of hydrogen-bond acceptors (Lipinski definition) is 4. The first-order valence-electron chi connectivity index (χ1n) is 6.28. The summed E-state index contributed by atoms with van der Waals surface area (Å²) in [5, 5.41) is 13.3. The third kappa shape index (κ3) is 2.36. The van der Waals surface area contributed by atoms with Gasteiger partial charge in [0.1, 0.15) is 0 Å². The first-order valence-corrected chi connectivity index (χ1v) is 7.07. The van der Waals surface area contributed by atoms with Crippen molar-refractivity contribution in [1.82, 2.24) is 4.98 Å². The Morgan fingerprint density at radius 2 is 2.19 bits per heavy atom. The van der Waals surface area contributed by atoms with Crippen LogP contribution in [0.5, 0.6) is 0 Å². The molecule has 0 fully saturated rings. The Balaban J connectivity index is 1.97. The van der Waals surface area contributed by atoms with E-state index in [2.05, 4.69) is 26.2 Å². The molecule has 2 aromatic rings. The maximum atomic E-state index is 12.3. The molecule has 0 radical (unpaired) electrons. The minimum atomic E-state index is -1.86. The van der Waals surface area contributed by atoms with Gasteiger partial charge in [-0.1, -0.05) is 15.9 Å². The van der Waals surface area contributed by atoms with Crippen molar-refractivity contribution < 1.29 is 14.7 Å². The smallest absolute Gasteiger partial charge is 0.261 e. The van der Waals surface area contributed by atoms with E-state index in [1.54, 1.807) is 36.5 Å². The SMILES string of the molecule is O=C(C[C@]1(O)C(=O)Nc2ccc(Br)cc21)c1cccnc1. The van der Waals surface area contributed by atoms with Gasteiger partial charge in [-0.15, -0.1) is 0 Å². The van der Waals surface area contributed by atoms with Gasteiger partial charge in [0, 0.05) is 33.7 Å². The van der Waals surface area contributed by atoms with Crippen molar-refractivity contribution in [2.24, 2.45) is 0 Å². The average molecular weight is 347 g/mol. The highest BCUT2D eigenvalue weighted by Gasteiger charge is 2.46. The highest BCUT2D eigenvalue weighted by molar-refractivity contribution is 9.10. The third-order valence-corrected chi connectivity index (χ3v) is 3.94. The lowest BCUT2D eigenvalue weighted by molar-refractivity contribution is -0.133. The van der Waals surface area contributed by atoms with Gasteiger partial charge in [-0.3, -0.25) is 14.6 Å². The van der Waals surface area contributed by atoms with E-state index in [-0.39, 0.29) is 12.2 Å². The van der Waals surface area contributed by atoms with Crippen LogP contribution in [0.2, 0.25) is 0 Å². The molecular formula is C15H11BrN2O3. The molecule has 0 spiro atoms. The van der Waals surface area contributed by atoms with E-state index in [9.17, 15) is 14.7 Å². The zero-order valence-electron chi connectivity index (χ0n) is 10.8. The molecule has 0 aliphatic carbocycles. The average Bonchev–Trinajstić information content (AvgIpc) is 2.72. The van der Waals surface area contributed by atoms with E-state index in [0.717, 1.165) is 4.47 Å². The summed E-state index contributed by atoms with van der Waals surface area (Å²) in [6, 6.07) is 8.32. The molecule has 1 aliphatic rings. The fraction of sp³-hybridized carbons (Fsp3) is 0.133. The second kappa shape index (κ2) is 5.05. The zero-order chi connectivity index (χ0) is 15.0. The first-order chi connectivity index (χ1) is 10.0. The Kier molecular flexibility index (Phi) is 3.35. The van der Waals surface area contributed by atoms with Crippen LogP contribution in [-0.2, 0) is 10.4 Å². The molecule has 3 rings (SSSR count). The predicted molar refractivity (Wildman–Crippen MR) is 79.9 cm³/mol. The van der Waals surface area contributed by atoms with Crippen LogP contribution in [0.1, 0.15) is 22.3 Å². The van der Waals surface area contributed by atoms with Crippen LogP contribution in [-0.4, -0.2) is 21.8 Å². The van der Waals surface area contributed by atoms with E-state index in [0.29, 0.717) is 16.8 Å². The molecule has 106 valence electrons. The molecule has 1 amide bonds.